The first-order chi connectivity index (χ1) is 12.6. The van der Waals surface area contributed by atoms with Gasteiger partial charge >= 0.3 is 0 Å². The maximum atomic E-state index is 12.7. The molecule has 26 heavy (non-hydrogen) atoms. The molecule has 0 aliphatic heterocycles. The van der Waals surface area contributed by atoms with Crippen LogP contribution < -0.4 is 4.74 Å². The van der Waals surface area contributed by atoms with E-state index >= 15 is 0 Å². The Hall–Kier alpha value is -2.88. The number of aliphatic hydroxyl groups excluding tert-OH is 1. The van der Waals surface area contributed by atoms with E-state index in [1.165, 1.54) is 0 Å². The van der Waals surface area contributed by atoms with E-state index < -0.39 is 0 Å². The summed E-state index contributed by atoms with van der Waals surface area (Å²) < 4.78 is 5.58. The molecule has 0 saturated carbocycles. The van der Waals surface area contributed by atoms with E-state index in [4.69, 9.17) is 4.74 Å². The van der Waals surface area contributed by atoms with E-state index in [0.29, 0.717) is 42.2 Å². The van der Waals surface area contributed by atoms with Gasteiger partial charge in [0, 0.05) is 12.8 Å². The van der Waals surface area contributed by atoms with E-state index in [-0.39, 0.29) is 17.5 Å². The summed E-state index contributed by atoms with van der Waals surface area (Å²) in [7, 11) is 0. The molecule has 2 aromatic rings. The Morgan fingerprint density at radius 2 is 1.81 bits per heavy atom. The van der Waals surface area contributed by atoms with E-state index in [9.17, 15) is 9.90 Å². The third kappa shape index (κ3) is 3.85. The van der Waals surface area contributed by atoms with Crippen molar-refractivity contribution in [1.29, 1.82) is 0 Å². The van der Waals surface area contributed by atoms with Crippen molar-refractivity contribution in [3.05, 3.63) is 71.5 Å². The van der Waals surface area contributed by atoms with Gasteiger partial charge in [0.15, 0.2) is 5.78 Å². The number of hydrogen-bond acceptors (Lipinski definition) is 4. The molecule has 0 fully saturated rings. The van der Waals surface area contributed by atoms with Gasteiger partial charge in [-0.2, -0.15) is 0 Å². The summed E-state index contributed by atoms with van der Waals surface area (Å²) in [5.41, 5.74) is 2.59. The second-order valence-corrected chi connectivity index (χ2v) is 6.36. The van der Waals surface area contributed by atoms with Crippen LogP contribution in [0.15, 0.2) is 70.9 Å². The number of nitrogens with zero attached hydrogens (tertiary/aromatic N) is 1. The second kappa shape index (κ2) is 8.00. The van der Waals surface area contributed by atoms with Gasteiger partial charge in [0.25, 0.3) is 0 Å². The highest BCUT2D eigenvalue weighted by atomic mass is 16.5. The monoisotopic (exact) mass is 349 g/mol. The minimum atomic E-state index is -0.0715. The van der Waals surface area contributed by atoms with Crippen LogP contribution in [0.5, 0.6) is 5.75 Å². The number of aliphatic hydroxyl groups is 1. The first-order valence-electron chi connectivity index (χ1n) is 8.88. The summed E-state index contributed by atoms with van der Waals surface area (Å²) in [5.74, 6) is 0.721. The minimum Gasteiger partial charge on any atom is -0.511 e. The standard InChI is InChI=1S/C22H23NO3/c1-3-26-21-12-8-7-11-18(21)23-15(2)22-19(24)13-17(14-20(22)25)16-9-5-4-6-10-16/h4-12,17,24H,3,13-14H2,1-2H3. The average Bonchev–Trinajstić information content (AvgIpc) is 2.63. The number of carbonyl (C=O) groups is 1. The number of rotatable bonds is 5. The van der Waals surface area contributed by atoms with Crippen LogP contribution in [-0.4, -0.2) is 23.2 Å². The first kappa shape index (κ1) is 17.9. The van der Waals surface area contributed by atoms with Gasteiger partial charge in [0.05, 0.1) is 17.9 Å². The smallest absolute Gasteiger partial charge is 0.168 e. The molecule has 1 unspecified atom stereocenters. The van der Waals surface area contributed by atoms with Gasteiger partial charge in [-0.05, 0) is 37.5 Å². The largest absolute Gasteiger partial charge is 0.511 e. The number of Topliss-reactive ketones (excluding diaryl/α,β-unsaturated/α-hetero) is 1. The third-order valence-corrected chi connectivity index (χ3v) is 4.52. The normalized spacial score (nSPS) is 18.2. The lowest BCUT2D eigenvalue weighted by Gasteiger charge is -2.23. The summed E-state index contributed by atoms with van der Waals surface area (Å²) in [6.45, 7) is 4.21. The lowest BCUT2D eigenvalue weighted by atomic mass is 9.81. The molecule has 0 radical (unpaired) electrons. The van der Waals surface area contributed by atoms with Gasteiger partial charge in [-0.25, -0.2) is 4.99 Å². The van der Waals surface area contributed by atoms with E-state index in [0.717, 1.165) is 5.56 Å². The van der Waals surface area contributed by atoms with Crippen LogP contribution in [0.2, 0.25) is 0 Å². The molecule has 4 nitrogen and oxygen atoms in total. The van der Waals surface area contributed by atoms with Crippen molar-refractivity contribution in [3.8, 4) is 5.75 Å². The molecule has 1 aliphatic rings. The Balaban J connectivity index is 1.90. The molecular weight excluding hydrogens is 326 g/mol. The summed E-state index contributed by atoms with van der Waals surface area (Å²) in [6.07, 6.45) is 0.828. The average molecular weight is 349 g/mol. The SMILES string of the molecule is CCOc1ccccc1N=C(C)C1=C(O)CC(c2ccccc2)CC1=O. The summed E-state index contributed by atoms with van der Waals surface area (Å²) in [6, 6.07) is 17.3. The molecule has 0 heterocycles. The summed E-state index contributed by atoms with van der Waals surface area (Å²) in [5, 5.41) is 10.5. The Morgan fingerprint density at radius 1 is 1.12 bits per heavy atom. The number of ether oxygens (including phenoxy) is 1. The molecule has 0 saturated heterocycles. The van der Waals surface area contributed by atoms with Crippen LogP contribution in [0.1, 0.15) is 38.2 Å². The molecular formula is C22H23NO3. The van der Waals surface area contributed by atoms with Crippen LogP contribution >= 0.6 is 0 Å². The van der Waals surface area contributed by atoms with E-state index in [2.05, 4.69) is 4.99 Å². The Bertz CT molecular complexity index is 853. The first-order valence-corrected chi connectivity index (χ1v) is 8.88. The fraction of sp³-hybridized carbons (Fsp3) is 0.273. The molecule has 4 heteroatoms. The molecule has 3 rings (SSSR count). The highest BCUT2D eigenvalue weighted by Crippen LogP contribution is 2.35. The number of aliphatic imine (C=N–C) groups is 1. The molecule has 134 valence electrons. The molecule has 2 aromatic carbocycles. The fourth-order valence-corrected chi connectivity index (χ4v) is 3.33. The molecule has 1 aliphatic carbocycles. The van der Waals surface area contributed by atoms with Crippen molar-refractivity contribution in [2.45, 2.75) is 32.6 Å². The van der Waals surface area contributed by atoms with Gasteiger partial charge < -0.3 is 9.84 Å². The minimum absolute atomic E-state index is 0.0101. The van der Waals surface area contributed by atoms with Crippen LogP contribution in [0.3, 0.4) is 0 Å². The van der Waals surface area contributed by atoms with Crippen molar-refractivity contribution < 1.29 is 14.6 Å². The maximum absolute atomic E-state index is 12.7. The lowest BCUT2D eigenvalue weighted by Crippen LogP contribution is -2.22. The molecule has 1 atom stereocenters. The zero-order valence-electron chi connectivity index (χ0n) is 15.1. The third-order valence-electron chi connectivity index (χ3n) is 4.52. The fourth-order valence-electron chi connectivity index (χ4n) is 3.33. The molecule has 0 bridgehead atoms. The van der Waals surface area contributed by atoms with Crippen molar-refractivity contribution in [3.63, 3.8) is 0 Å². The van der Waals surface area contributed by atoms with Gasteiger partial charge in [0.2, 0.25) is 0 Å². The quantitative estimate of drug-likeness (QED) is 0.761. The molecule has 0 amide bonds. The van der Waals surface area contributed by atoms with Gasteiger partial charge in [-0.15, -0.1) is 0 Å². The number of carbonyl (C=O) groups excluding carboxylic acids is 1. The number of allylic oxidation sites excluding steroid dienone is 2. The summed E-state index contributed by atoms with van der Waals surface area (Å²) >= 11 is 0. The Labute approximate surface area is 153 Å². The van der Waals surface area contributed by atoms with Gasteiger partial charge in [-0.3, -0.25) is 4.79 Å². The van der Waals surface area contributed by atoms with Crippen molar-refractivity contribution in [2.75, 3.05) is 6.61 Å². The zero-order valence-corrected chi connectivity index (χ0v) is 15.1. The maximum Gasteiger partial charge on any atom is 0.168 e. The Morgan fingerprint density at radius 3 is 2.50 bits per heavy atom. The van der Waals surface area contributed by atoms with E-state index in [1.54, 1.807) is 6.92 Å². The molecule has 1 N–H and O–H groups in total. The van der Waals surface area contributed by atoms with Gasteiger partial charge in [-0.1, -0.05) is 42.5 Å². The van der Waals surface area contributed by atoms with Gasteiger partial charge in [0.1, 0.15) is 17.2 Å². The number of benzene rings is 2. The van der Waals surface area contributed by atoms with Crippen LogP contribution in [0.25, 0.3) is 0 Å². The Kier molecular flexibility index (Phi) is 5.52. The number of hydrogen-bond donors (Lipinski definition) is 1. The van der Waals surface area contributed by atoms with Crippen LogP contribution in [0.4, 0.5) is 5.69 Å². The second-order valence-electron chi connectivity index (χ2n) is 6.36. The highest BCUT2D eigenvalue weighted by molar-refractivity contribution is 6.23. The lowest BCUT2D eigenvalue weighted by molar-refractivity contribution is -0.116. The van der Waals surface area contributed by atoms with Crippen molar-refractivity contribution in [2.24, 2.45) is 4.99 Å². The summed E-state index contributed by atoms with van der Waals surface area (Å²) in [4.78, 5) is 17.3. The topological polar surface area (TPSA) is 58.9 Å². The highest BCUT2D eigenvalue weighted by Gasteiger charge is 2.30. The predicted octanol–water partition coefficient (Wildman–Crippen LogP) is 5.14. The van der Waals surface area contributed by atoms with Crippen molar-refractivity contribution in [1.82, 2.24) is 0 Å². The van der Waals surface area contributed by atoms with E-state index in [1.807, 2.05) is 61.5 Å². The molecule has 0 spiro atoms. The molecule has 0 aromatic heterocycles. The predicted molar refractivity (Wildman–Crippen MR) is 103 cm³/mol. The number of para-hydroxylation sites is 2. The van der Waals surface area contributed by atoms with Crippen molar-refractivity contribution >= 4 is 17.2 Å². The zero-order chi connectivity index (χ0) is 18.5. The van der Waals surface area contributed by atoms with Crippen LogP contribution in [-0.2, 0) is 4.79 Å². The van der Waals surface area contributed by atoms with Crippen LogP contribution in [0, 0.1) is 0 Å². The number of ketones is 1.